The van der Waals surface area contributed by atoms with Gasteiger partial charge in [0.25, 0.3) is 0 Å². The summed E-state index contributed by atoms with van der Waals surface area (Å²) in [6.07, 6.45) is 0. The molecule has 0 unspecified atom stereocenters. The second kappa shape index (κ2) is 4.43. The average Bonchev–Trinajstić information content (AvgIpc) is 2.65. The van der Waals surface area contributed by atoms with Gasteiger partial charge in [0.05, 0.1) is 21.7 Å². The number of fused-ring (bicyclic) bond motifs is 1. The van der Waals surface area contributed by atoms with Crippen molar-refractivity contribution in [1.82, 2.24) is 9.55 Å². The van der Waals surface area contributed by atoms with Gasteiger partial charge in [0.1, 0.15) is 11.6 Å². The van der Waals surface area contributed by atoms with E-state index in [0.29, 0.717) is 21.5 Å². The Labute approximate surface area is 117 Å². The van der Waals surface area contributed by atoms with Gasteiger partial charge >= 0.3 is 0 Å². The molecular weight excluding hydrogens is 290 g/mol. The summed E-state index contributed by atoms with van der Waals surface area (Å²) in [5, 5.41) is -0.00773. The van der Waals surface area contributed by atoms with E-state index >= 15 is 0 Å². The molecule has 0 fully saturated rings. The number of imidazole rings is 1. The standard InChI is InChI=1S/C13H7ClF2N2S/c14-9-5-12-11(6-10(9)16)17-13(19)18(12)8-3-1-2-7(15)4-8/h1-6H,(H,17,19). The maximum absolute atomic E-state index is 13.4. The highest BCUT2D eigenvalue weighted by atomic mass is 35.5. The van der Waals surface area contributed by atoms with Crippen molar-refractivity contribution in [2.24, 2.45) is 0 Å². The lowest BCUT2D eigenvalue weighted by atomic mass is 10.2. The number of hydrogen-bond donors (Lipinski definition) is 1. The molecule has 0 amide bonds. The Hall–Kier alpha value is -1.72. The molecule has 0 radical (unpaired) electrons. The van der Waals surface area contributed by atoms with Gasteiger partial charge in [-0.05, 0) is 36.5 Å². The number of halogens is 3. The van der Waals surface area contributed by atoms with E-state index in [0.717, 1.165) is 0 Å². The van der Waals surface area contributed by atoms with Gasteiger partial charge in [-0.2, -0.15) is 0 Å². The number of aromatic nitrogens is 2. The summed E-state index contributed by atoms with van der Waals surface area (Å²) in [4.78, 5) is 2.87. The van der Waals surface area contributed by atoms with Crippen LogP contribution in [0.5, 0.6) is 0 Å². The van der Waals surface area contributed by atoms with Gasteiger partial charge in [0, 0.05) is 6.07 Å². The zero-order valence-corrected chi connectivity index (χ0v) is 11.0. The van der Waals surface area contributed by atoms with Crippen molar-refractivity contribution < 1.29 is 8.78 Å². The SMILES string of the molecule is Fc1cccc(-n2c(=S)[nH]c3cc(F)c(Cl)cc32)c1. The lowest BCUT2D eigenvalue weighted by Crippen LogP contribution is -1.94. The predicted octanol–water partition coefficient (Wildman–Crippen LogP) is 4.62. The summed E-state index contributed by atoms with van der Waals surface area (Å²) in [7, 11) is 0. The van der Waals surface area contributed by atoms with Gasteiger partial charge in [0.2, 0.25) is 0 Å². The number of benzene rings is 2. The van der Waals surface area contributed by atoms with Crippen LogP contribution in [-0.4, -0.2) is 9.55 Å². The summed E-state index contributed by atoms with van der Waals surface area (Å²) in [5.41, 5.74) is 1.66. The Bertz CT molecular complexity index is 838. The monoisotopic (exact) mass is 296 g/mol. The maximum atomic E-state index is 13.4. The number of nitrogens with zero attached hydrogens (tertiary/aromatic N) is 1. The second-order valence-corrected chi connectivity index (χ2v) is 4.82. The predicted molar refractivity (Wildman–Crippen MR) is 73.4 cm³/mol. The smallest absolute Gasteiger partial charge is 0.182 e. The molecule has 1 N–H and O–H groups in total. The minimum atomic E-state index is -0.531. The Morgan fingerprint density at radius 3 is 2.68 bits per heavy atom. The van der Waals surface area contributed by atoms with Crippen molar-refractivity contribution in [2.75, 3.05) is 0 Å². The van der Waals surface area contributed by atoms with E-state index < -0.39 is 5.82 Å². The van der Waals surface area contributed by atoms with Gasteiger partial charge in [0.15, 0.2) is 4.77 Å². The number of H-pyrrole nitrogens is 1. The van der Waals surface area contributed by atoms with E-state index in [1.807, 2.05) is 0 Å². The fourth-order valence-electron chi connectivity index (χ4n) is 1.97. The molecule has 2 aromatic carbocycles. The fraction of sp³-hybridized carbons (Fsp3) is 0. The van der Waals surface area contributed by atoms with Gasteiger partial charge in [-0.1, -0.05) is 17.7 Å². The summed E-state index contributed by atoms with van der Waals surface area (Å²) in [6, 6.07) is 8.71. The third-order valence-corrected chi connectivity index (χ3v) is 3.36. The van der Waals surface area contributed by atoms with Crippen LogP contribution in [0.4, 0.5) is 8.78 Å². The molecule has 0 saturated heterocycles. The highest BCUT2D eigenvalue weighted by molar-refractivity contribution is 7.71. The van der Waals surface area contributed by atoms with Crippen LogP contribution in [0.15, 0.2) is 36.4 Å². The Kier molecular flexibility index (Phi) is 2.88. The van der Waals surface area contributed by atoms with Crippen LogP contribution in [0.1, 0.15) is 0 Å². The first-order valence-electron chi connectivity index (χ1n) is 5.42. The molecular formula is C13H7ClF2N2S. The summed E-state index contributed by atoms with van der Waals surface area (Å²) in [5.74, 6) is -0.904. The summed E-state index contributed by atoms with van der Waals surface area (Å²) < 4.78 is 28.7. The first kappa shape index (κ1) is 12.3. The van der Waals surface area contributed by atoms with Gasteiger partial charge in [-0.3, -0.25) is 4.57 Å². The van der Waals surface area contributed by atoms with Gasteiger partial charge in [-0.15, -0.1) is 0 Å². The van der Waals surface area contributed by atoms with Gasteiger partial charge < -0.3 is 4.98 Å². The number of aromatic amines is 1. The third kappa shape index (κ3) is 2.05. The molecule has 19 heavy (non-hydrogen) atoms. The van der Waals surface area contributed by atoms with E-state index in [9.17, 15) is 8.78 Å². The van der Waals surface area contributed by atoms with Crippen LogP contribution in [0.25, 0.3) is 16.7 Å². The third-order valence-electron chi connectivity index (χ3n) is 2.79. The van der Waals surface area contributed by atoms with Crippen LogP contribution < -0.4 is 0 Å². The van der Waals surface area contributed by atoms with Gasteiger partial charge in [-0.25, -0.2) is 8.78 Å². The number of nitrogens with one attached hydrogen (secondary N) is 1. The minimum Gasteiger partial charge on any atom is -0.330 e. The fourth-order valence-corrected chi connectivity index (χ4v) is 2.45. The normalized spacial score (nSPS) is 11.1. The molecule has 3 aromatic rings. The largest absolute Gasteiger partial charge is 0.330 e. The van der Waals surface area contributed by atoms with E-state index in [-0.39, 0.29) is 10.8 Å². The molecule has 0 aliphatic heterocycles. The zero-order valence-electron chi connectivity index (χ0n) is 9.45. The molecule has 2 nitrogen and oxygen atoms in total. The molecule has 96 valence electrons. The zero-order chi connectivity index (χ0) is 13.6. The van der Waals surface area contributed by atoms with Crippen LogP contribution in [-0.2, 0) is 0 Å². The van der Waals surface area contributed by atoms with E-state index in [1.165, 1.54) is 24.3 Å². The molecule has 0 bridgehead atoms. The summed E-state index contributed by atoms with van der Waals surface area (Å²) in [6.45, 7) is 0. The Balaban J connectivity index is 2.38. The molecule has 1 heterocycles. The molecule has 0 aliphatic carbocycles. The topological polar surface area (TPSA) is 20.7 Å². The highest BCUT2D eigenvalue weighted by Crippen LogP contribution is 2.25. The Morgan fingerprint density at radius 1 is 1.16 bits per heavy atom. The molecule has 0 spiro atoms. The second-order valence-electron chi connectivity index (χ2n) is 4.03. The first-order valence-corrected chi connectivity index (χ1v) is 6.20. The first-order chi connectivity index (χ1) is 9.06. The quantitative estimate of drug-likeness (QED) is 0.650. The average molecular weight is 297 g/mol. The van der Waals surface area contributed by atoms with Crippen molar-refractivity contribution in [1.29, 1.82) is 0 Å². The molecule has 3 rings (SSSR count). The molecule has 1 aromatic heterocycles. The van der Waals surface area contributed by atoms with Crippen LogP contribution in [0, 0.1) is 16.4 Å². The Morgan fingerprint density at radius 2 is 1.95 bits per heavy atom. The number of rotatable bonds is 1. The van der Waals surface area contributed by atoms with Crippen molar-refractivity contribution >= 4 is 34.9 Å². The highest BCUT2D eigenvalue weighted by Gasteiger charge is 2.10. The molecule has 0 atom stereocenters. The molecule has 0 aliphatic rings. The maximum Gasteiger partial charge on any atom is 0.182 e. The molecule has 6 heteroatoms. The van der Waals surface area contributed by atoms with Crippen LogP contribution in [0.3, 0.4) is 0 Å². The lowest BCUT2D eigenvalue weighted by Gasteiger charge is -2.05. The van der Waals surface area contributed by atoms with E-state index in [2.05, 4.69) is 4.98 Å². The van der Waals surface area contributed by atoms with Crippen molar-refractivity contribution in [2.45, 2.75) is 0 Å². The van der Waals surface area contributed by atoms with Crippen molar-refractivity contribution in [3.63, 3.8) is 0 Å². The van der Waals surface area contributed by atoms with Crippen molar-refractivity contribution in [3.8, 4) is 5.69 Å². The minimum absolute atomic E-state index is 0.00773. The molecule has 0 saturated carbocycles. The van der Waals surface area contributed by atoms with Crippen molar-refractivity contribution in [3.05, 3.63) is 57.8 Å². The van der Waals surface area contributed by atoms with Crippen LogP contribution in [0.2, 0.25) is 5.02 Å². The van der Waals surface area contributed by atoms with E-state index in [4.69, 9.17) is 23.8 Å². The number of hydrogen-bond acceptors (Lipinski definition) is 1. The van der Waals surface area contributed by atoms with Crippen LogP contribution >= 0.6 is 23.8 Å². The summed E-state index contributed by atoms with van der Waals surface area (Å²) >= 11 is 11.0. The lowest BCUT2D eigenvalue weighted by molar-refractivity contribution is 0.626. The van der Waals surface area contributed by atoms with E-state index in [1.54, 1.807) is 16.7 Å².